The van der Waals surface area contributed by atoms with Crippen LogP contribution in [-0.4, -0.2) is 6.54 Å². The molecule has 70 valence electrons. The first-order valence-electron chi connectivity index (χ1n) is 4.73. The van der Waals surface area contributed by atoms with Crippen LogP contribution in [0, 0.1) is 5.92 Å². The first kappa shape index (κ1) is 11.3. The van der Waals surface area contributed by atoms with Crippen molar-refractivity contribution in [1.82, 2.24) is 5.32 Å². The third kappa shape index (κ3) is 7.39. The Morgan fingerprint density at radius 3 is 2.58 bits per heavy atom. The van der Waals surface area contributed by atoms with Gasteiger partial charge in [-0.25, -0.2) is 0 Å². The highest BCUT2D eigenvalue weighted by atomic mass is 14.9. The average Bonchev–Trinajstić information content (AvgIpc) is 2.01. The van der Waals surface area contributed by atoms with Crippen LogP contribution in [-0.2, 0) is 0 Å². The predicted molar refractivity (Wildman–Crippen MR) is 56.0 cm³/mol. The van der Waals surface area contributed by atoms with E-state index in [0.717, 1.165) is 25.1 Å². The Labute approximate surface area is 76.6 Å². The summed E-state index contributed by atoms with van der Waals surface area (Å²) >= 11 is 0. The summed E-state index contributed by atoms with van der Waals surface area (Å²) in [5.74, 6) is 0.692. The molecule has 0 aromatic carbocycles. The van der Waals surface area contributed by atoms with Crippen LogP contribution in [0.4, 0.5) is 0 Å². The van der Waals surface area contributed by atoms with Crippen molar-refractivity contribution >= 4 is 0 Å². The molecule has 0 spiro atoms. The van der Waals surface area contributed by atoms with E-state index in [-0.39, 0.29) is 0 Å². The lowest BCUT2D eigenvalue weighted by Crippen LogP contribution is -2.17. The highest BCUT2D eigenvalue weighted by molar-refractivity contribution is 4.99. The number of nitrogens with one attached hydrogen (secondary N) is 1. The molecule has 0 saturated heterocycles. The van der Waals surface area contributed by atoms with Gasteiger partial charge in [0.05, 0.1) is 0 Å². The Morgan fingerprint density at radius 2 is 2.08 bits per heavy atom. The SMILES string of the molecule is C=C(C/C=C/CC)NCC(C)C. The molecule has 0 unspecified atom stereocenters. The number of hydrogen-bond acceptors (Lipinski definition) is 1. The van der Waals surface area contributed by atoms with Crippen molar-refractivity contribution < 1.29 is 0 Å². The lowest BCUT2D eigenvalue weighted by atomic mass is 10.2. The minimum atomic E-state index is 0.692. The second-order valence-corrected chi connectivity index (χ2v) is 3.46. The summed E-state index contributed by atoms with van der Waals surface area (Å²) in [5.41, 5.74) is 1.12. The molecule has 0 aromatic heterocycles. The zero-order valence-electron chi connectivity index (χ0n) is 8.56. The second kappa shape index (κ2) is 6.96. The first-order chi connectivity index (χ1) is 5.66. The summed E-state index contributed by atoms with van der Waals surface area (Å²) in [6.45, 7) is 11.5. The molecule has 12 heavy (non-hydrogen) atoms. The van der Waals surface area contributed by atoms with Gasteiger partial charge in [0.1, 0.15) is 0 Å². The van der Waals surface area contributed by atoms with Crippen LogP contribution in [0.3, 0.4) is 0 Å². The Hall–Kier alpha value is -0.720. The summed E-state index contributed by atoms with van der Waals surface area (Å²) in [4.78, 5) is 0. The zero-order valence-corrected chi connectivity index (χ0v) is 8.56. The number of rotatable bonds is 6. The Bertz CT molecular complexity index is 145. The van der Waals surface area contributed by atoms with Crippen LogP contribution in [0.15, 0.2) is 24.4 Å². The molecule has 0 heterocycles. The Morgan fingerprint density at radius 1 is 1.42 bits per heavy atom. The second-order valence-electron chi connectivity index (χ2n) is 3.46. The van der Waals surface area contributed by atoms with Crippen molar-refractivity contribution in [2.24, 2.45) is 5.92 Å². The highest BCUT2D eigenvalue weighted by Crippen LogP contribution is 1.97. The lowest BCUT2D eigenvalue weighted by molar-refractivity contribution is 0.592. The minimum absolute atomic E-state index is 0.692. The fraction of sp³-hybridized carbons (Fsp3) is 0.636. The van der Waals surface area contributed by atoms with Gasteiger partial charge in [0.15, 0.2) is 0 Å². The molecule has 0 saturated carbocycles. The van der Waals surface area contributed by atoms with E-state index in [0.29, 0.717) is 5.92 Å². The number of hydrogen-bond donors (Lipinski definition) is 1. The van der Waals surface area contributed by atoms with Gasteiger partial charge >= 0.3 is 0 Å². The normalized spacial score (nSPS) is 11.0. The third-order valence-electron chi connectivity index (χ3n) is 1.53. The standard InChI is InChI=1S/C11H21N/c1-5-6-7-8-11(4)12-9-10(2)3/h6-7,10,12H,4-5,8-9H2,1-3H3/b7-6+. The van der Waals surface area contributed by atoms with Crippen LogP contribution in [0.5, 0.6) is 0 Å². The Balaban J connectivity index is 3.40. The van der Waals surface area contributed by atoms with Gasteiger partial charge in [0, 0.05) is 18.7 Å². The molecule has 1 heteroatoms. The van der Waals surface area contributed by atoms with Crippen LogP contribution in [0.2, 0.25) is 0 Å². The smallest absolute Gasteiger partial charge is 0.0166 e. The maximum Gasteiger partial charge on any atom is 0.0166 e. The van der Waals surface area contributed by atoms with Gasteiger partial charge in [0.2, 0.25) is 0 Å². The van der Waals surface area contributed by atoms with Crippen LogP contribution < -0.4 is 5.32 Å². The van der Waals surface area contributed by atoms with Crippen molar-refractivity contribution in [3.05, 3.63) is 24.4 Å². The first-order valence-corrected chi connectivity index (χ1v) is 4.73. The molecule has 0 atom stereocenters. The van der Waals surface area contributed by atoms with E-state index in [1.54, 1.807) is 0 Å². The molecule has 0 radical (unpaired) electrons. The van der Waals surface area contributed by atoms with Crippen molar-refractivity contribution in [1.29, 1.82) is 0 Å². The maximum absolute atomic E-state index is 3.94. The van der Waals surface area contributed by atoms with Gasteiger partial charge in [-0.2, -0.15) is 0 Å². The van der Waals surface area contributed by atoms with Gasteiger partial charge in [-0.3, -0.25) is 0 Å². The maximum atomic E-state index is 3.94. The van der Waals surface area contributed by atoms with E-state index in [1.165, 1.54) is 0 Å². The van der Waals surface area contributed by atoms with Crippen LogP contribution in [0.25, 0.3) is 0 Å². The molecular weight excluding hydrogens is 146 g/mol. The molecule has 0 aliphatic rings. The van der Waals surface area contributed by atoms with Gasteiger partial charge in [0.25, 0.3) is 0 Å². The zero-order chi connectivity index (χ0) is 9.40. The summed E-state index contributed by atoms with van der Waals surface area (Å²) in [6.07, 6.45) is 6.40. The van der Waals surface area contributed by atoms with Crippen molar-refractivity contribution in [2.75, 3.05) is 6.54 Å². The summed E-state index contributed by atoms with van der Waals surface area (Å²) in [6, 6.07) is 0. The van der Waals surface area contributed by atoms with Crippen molar-refractivity contribution in [2.45, 2.75) is 33.6 Å². The van der Waals surface area contributed by atoms with Gasteiger partial charge in [-0.05, 0) is 12.3 Å². The molecule has 0 aliphatic heterocycles. The molecule has 0 rings (SSSR count). The molecule has 1 nitrogen and oxygen atoms in total. The molecule has 0 fully saturated rings. The van der Waals surface area contributed by atoms with E-state index in [1.807, 2.05) is 0 Å². The monoisotopic (exact) mass is 167 g/mol. The van der Waals surface area contributed by atoms with Crippen molar-refractivity contribution in [3.63, 3.8) is 0 Å². The largest absolute Gasteiger partial charge is 0.388 e. The van der Waals surface area contributed by atoms with E-state index in [4.69, 9.17) is 0 Å². The third-order valence-corrected chi connectivity index (χ3v) is 1.53. The predicted octanol–water partition coefficient (Wildman–Crippen LogP) is 3.10. The molecule has 0 amide bonds. The average molecular weight is 167 g/mol. The fourth-order valence-corrected chi connectivity index (χ4v) is 0.813. The van der Waals surface area contributed by atoms with E-state index < -0.39 is 0 Å². The summed E-state index contributed by atoms with van der Waals surface area (Å²) in [5, 5.41) is 3.30. The molecular formula is C11H21N. The quantitative estimate of drug-likeness (QED) is 0.599. The summed E-state index contributed by atoms with van der Waals surface area (Å²) < 4.78 is 0. The molecule has 0 aromatic rings. The van der Waals surface area contributed by atoms with Gasteiger partial charge in [-0.15, -0.1) is 0 Å². The van der Waals surface area contributed by atoms with Gasteiger partial charge < -0.3 is 5.32 Å². The van der Waals surface area contributed by atoms with Crippen LogP contribution >= 0.6 is 0 Å². The van der Waals surface area contributed by atoms with Gasteiger partial charge in [-0.1, -0.05) is 39.5 Å². The van der Waals surface area contributed by atoms with Crippen molar-refractivity contribution in [3.8, 4) is 0 Å². The highest BCUT2D eigenvalue weighted by Gasteiger charge is 1.93. The van der Waals surface area contributed by atoms with Crippen LogP contribution in [0.1, 0.15) is 33.6 Å². The Kier molecular flexibility index (Phi) is 6.54. The fourth-order valence-electron chi connectivity index (χ4n) is 0.813. The minimum Gasteiger partial charge on any atom is -0.388 e. The lowest BCUT2D eigenvalue weighted by Gasteiger charge is -2.09. The molecule has 1 N–H and O–H groups in total. The van der Waals surface area contributed by atoms with E-state index in [2.05, 4.69) is 44.8 Å². The molecule has 0 aliphatic carbocycles. The van der Waals surface area contributed by atoms with E-state index in [9.17, 15) is 0 Å². The number of allylic oxidation sites excluding steroid dienone is 2. The summed E-state index contributed by atoms with van der Waals surface area (Å²) in [7, 11) is 0. The molecule has 0 bridgehead atoms. The topological polar surface area (TPSA) is 12.0 Å². The van der Waals surface area contributed by atoms with E-state index >= 15 is 0 Å².